The molecule has 1 aromatic carbocycles. The van der Waals surface area contributed by atoms with Gasteiger partial charge in [-0.05, 0) is 26.3 Å². The summed E-state index contributed by atoms with van der Waals surface area (Å²) in [6.45, 7) is 6.55. The summed E-state index contributed by atoms with van der Waals surface area (Å²) >= 11 is 0. The van der Waals surface area contributed by atoms with Crippen LogP contribution in [0.1, 0.15) is 25.8 Å². The number of hydrogen-bond donors (Lipinski definition) is 2. The van der Waals surface area contributed by atoms with Gasteiger partial charge in [0.25, 0.3) is 0 Å². The first-order chi connectivity index (χ1) is 11.5. The molecule has 2 N–H and O–H groups in total. The van der Waals surface area contributed by atoms with Crippen LogP contribution >= 0.6 is 24.0 Å². The van der Waals surface area contributed by atoms with Gasteiger partial charge in [0.2, 0.25) is 0 Å². The largest absolute Gasteiger partial charge is 0.573 e. The standard InChI is InChI=1S/C16H24F3N3O2.HI/c1-3-20-15(21-10-7-11-23-4-2)22-12-13-8-5-6-9-14(13)24-16(17,18)19;/h5-6,8-9H,3-4,7,10-12H2,1-2H3,(H2,20,21,22);1H. The molecule has 0 bridgehead atoms. The van der Waals surface area contributed by atoms with Crippen molar-refractivity contribution in [1.29, 1.82) is 0 Å². The summed E-state index contributed by atoms with van der Waals surface area (Å²) in [5, 5.41) is 6.16. The van der Waals surface area contributed by atoms with Gasteiger partial charge in [0, 0.05) is 31.9 Å². The molecule has 9 heteroatoms. The average molecular weight is 475 g/mol. The summed E-state index contributed by atoms with van der Waals surface area (Å²) in [6.07, 6.45) is -3.91. The number of guanidine groups is 1. The molecule has 0 radical (unpaired) electrons. The van der Waals surface area contributed by atoms with Crippen LogP contribution in [0.3, 0.4) is 0 Å². The molecule has 5 nitrogen and oxygen atoms in total. The number of nitrogens with one attached hydrogen (secondary N) is 2. The molecule has 0 saturated carbocycles. The van der Waals surface area contributed by atoms with E-state index in [1.165, 1.54) is 12.1 Å². The van der Waals surface area contributed by atoms with Gasteiger partial charge in [0.15, 0.2) is 5.96 Å². The Bertz CT molecular complexity index is 514. The summed E-state index contributed by atoms with van der Waals surface area (Å²) in [7, 11) is 0. The molecule has 1 aromatic rings. The van der Waals surface area contributed by atoms with Crippen LogP contribution in [0.25, 0.3) is 0 Å². The number of hydrogen-bond acceptors (Lipinski definition) is 3. The number of halogens is 4. The Morgan fingerprint density at radius 1 is 1.16 bits per heavy atom. The Balaban J connectivity index is 0.00000576. The van der Waals surface area contributed by atoms with Crippen LogP contribution < -0.4 is 15.4 Å². The van der Waals surface area contributed by atoms with Crippen molar-refractivity contribution in [2.45, 2.75) is 33.2 Å². The summed E-state index contributed by atoms with van der Waals surface area (Å²) in [5.74, 6) is 0.303. The maximum absolute atomic E-state index is 12.4. The Kier molecular flexibility index (Phi) is 12.4. The molecule has 1 rings (SSSR count). The molecule has 0 saturated heterocycles. The molecular formula is C16H25F3IN3O2. The van der Waals surface area contributed by atoms with E-state index in [0.29, 0.717) is 37.8 Å². The van der Waals surface area contributed by atoms with Crippen molar-refractivity contribution in [1.82, 2.24) is 10.6 Å². The van der Waals surface area contributed by atoms with Gasteiger partial charge in [0.05, 0.1) is 6.54 Å². The van der Waals surface area contributed by atoms with Crippen LogP contribution in [-0.4, -0.2) is 38.6 Å². The van der Waals surface area contributed by atoms with Crippen molar-refractivity contribution in [2.75, 3.05) is 26.3 Å². The summed E-state index contributed by atoms with van der Waals surface area (Å²) in [5.41, 5.74) is 0.362. The van der Waals surface area contributed by atoms with E-state index in [1.54, 1.807) is 12.1 Å². The number of para-hydroxylation sites is 1. The van der Waals surface area contributed by atoms with Gasteiger partial charge in [0.1, 0.15) is 5.75 Å². The van der Waals surface area contributed by atoms with Crippen LogP contribution in [-0.2, 0) is 11.3 Å². The zero-order valence-corrected chi connectivity index (χ0v) is 16.7. The van der Waals surface area contributed by atoms with Crippen LogP contribution in [0.5, 0.6) is 5.75 Å². The van der Waals surface area contributed by atoms with Crippen molar-refractivity contribution in [3.63, 3.8) is 0 Å². The third-order valence-electron chi connectivity index (χ3n) is 2.91. The average Bonchev–Trinajstić information content (AvgIpc) is 2.52. The molecular weight excluding hydrogens is 450 g/mol. The van der Waals surface area contributed by atoms with Crippen molar-refractivity contribution in [3.8, 4) is 5.75 Å². The van der Waals surface area contributed by atoms with Crippen molar-refractivity contribution in [3.05, 3.63) is 29.8 Å². The third kappa shape index (κ3) is 11.1. The minimum Gasteiger partial charge on any atom is -0.405 e. The lowest BCUT2D eigenvalue weighted by Crippen LogP contribution is -2.38. The van der Waals surface area contributed by atoms with Crippen LogP contribution in [0.4, 0.5) is 13.2 Å². The summed E-state index contributed by atoms with van der Waals surface area (Å²) in [6, 6.07) is 5.98. The highest BCUT2D eigenvalue weighted by atomic mass is 127. The smallest absolute Gasteiger partial charge is 0.405 e. The van der Waals surface area contributed by atoms with E-state index in [1.807, 2.05) is 13.8 Å². The van der Waals surface area contributed by atoms with E-state index >= 15 is 0 Å². The maximum Gasteiger partial charge on any atom is 0.573 e. The van der Waals surface area contributed by atoms with E-state index < -0.39 is 6.36 Å². The van der Waals surface area contributed by atoms with Crippen LogP contribution in [0.2, 0.25) is 0 Å². The highest BCUT2D eigenvalue weighted by Gasteiger charge is 2.31. The van der Waals surface area contributed by atoms with Crippen molar-refractivity contribution < 1.29 is 22.6 Å². The molecule has 0 aliphatic carbocycles. The molecule has 0 heterocycles. The molecule has 0 unspecified atom stereocenters. The molecule has 0 aromatic heterocycles. The fourth-order valence-electron chi connectivity index (χ4n) is 1.89. The first kappa shape index (κ1) is 23.8. The van der Waals surface area contributed by atoms with Gasteiger partial charge in [-0.3, -0.25) is 0 Å². The zero-order chi connectivity index (χ0) is 17.8. The van der Waals surface area contributed by atoms with Gasteiger partial charge in [-0.1, -0.05) is 18.2 Å². The fraction of sp³-hybridized carbons (Fsp3) is 0.562. The number of benzene rings is 1. The lowest BCUT2D eigenvalue weighted by Gasteiger charge is -2.14. The first-order valence-electron chi connectivity index (χ1n) is 7.89. The second-order valence-electron chi connectivity index (χ2n) is 4.83. The van der Waals surface area contributed by atoms with E-state index in [-0.39, 0.29) is 36.3 Å². The molecule has 0 spiro atoms. The minimum absolute atomic E-state index is 0. The fourth-order valence-corrected chi connectivity index (χ4v) is 1.89. The molecule has 25 heavy (non-hydrogen) atoms. The summed E-state index contributed by atoms with van der Waals surface area (Å²) < 4.78 is 46.5. The number of aliphatic imine (C=N–C) groups is 1. The first-order valence-corrected chi connectivity index (χ1v) is 7.89. The Labute approximate surface area is 163 Å². The van der Waals surface area contributed by atoms with Gasteiger partial charge >= 0.3 is 6.36 Å². The van der Waals surface area contributed by atoms with E-state index in [2.05, 4.69) is 20.4 Å². The molecule has 0 fully saturated rings. The van der Waals surface area contributed by atoms with Crippen LogP contribution in [0.15, 0.2) is 29.3 Å². The second-order valence-corrected chi connectivity index (χ2v) is 4.83. The SMILES string of the molecule is CCNC(=NCc1ccccc1OC(F)(F)F)NCCCOCC.I. The van der Waals surface area contributed by atoms with Gasteiger partial charge < -0.3 is 20.1 Å². The lowest BCUT2D eigenvalue weighted by molar-refractivity contribution is -0.274. The second kappa shape index (κ2) is 13.0. The maximum atomic E-state index is 12.4. The number of nitrogens with zero attached hydrogens (tertiary/aromatic N) is 1. The predicted octanol–water partition coefficient (Wildman–Crippen LogP) is 3.68. The minimum atomic E-state index is -4.72. The highest BCUT2D eigenvalue weighted by Crippen LogP contribution is 2.26. The molecule has 0 aliphatic rings. The highest BCUT2D eigenvalue weighted by molar-refractivity contribution is 14.0. The number of alkyl halides is 3. The molecule has 0 aliphatic heterocycles. The summed E-state index contributed by atoms with van der Waals surface area (Å²) in [4.78, 5) is 4.30. The zero-order valence-electron chi connectivity index (χ0n) is 14.4. The van der Waals surface area contributed by atoms with Crippen molar-refractivity contribution in [2.24, 2.45) is 4.99 Å². The topological polar surface area (TPSA) is 54.9 Å². The number of ether oxygens (including phenoxy) is 2. The van der Waals surface area contributed by atoms with Crippen LogP contribution in [0, 0.1) is 0 Å². The molecule has 144 valence electrons. The Morgan fingerprint density at radius 3 is 2.52 bits per heavy atom. The monoisotopic (exact) mass is 475 g/mol. The lowest BCUT2D eigenvalue weighted by atomic mass is 10.2. The number of rotatable bonds is 9. The van der Waals surface area contributed by atoms with E-state index in [4.69, 9.17) is 4.74 Å². The Morgan fingerprint density at radius 2 is 1.88 bits per heavy atom. The quantitative estimate of drug-likeness (QED) is 0.248. The molecule has 0 amide bonds. The van der Waals surface area contributed by atoms with Gasteiger partial charge in [-0.25, -0.2) is 4.99 Å². The third-order valence-corrected chi connectivity index (χ3v) is 2.91. The van der Waals surface area contributed by atoms with Gasteiger partial charge in [-0.15, -0.1) is 37.1 Å². The normalized spacial score (nSPS) is 11.6. The predicted molar refractivity (Wildman–Crippen MR) is 102 cm³/mol. The van der Waals surface area contributed by atoms with E-state index in [9.17, 15) is 13.2 Å². The molecule has 0 atom stereocenters. The van der Waals surface area contributed by atoms with E-state index in [0.717, 1.165) is 6.42 Å². The van der Waals surface area contributed by atoms with Gasteiger partial charge in [-0.2, -0.15) is 0 Å². The Hall–Kier alpha value is -1.23. The van der Waals surface area contributed by atoms with Crippen molar-refractivity contribution >= 4 is 29.9 Å².